The van der Waals surface area contributed by atoms with Gasteiger partial charge in [-0.25, -0.2) is 5.43 Å². The van der Waals surface area contributed by atoms with E-state index in [-0.39, 0.29) is 5.91 Å². The second-order valence-corrected chi connectivity index (χ2v) is 6.03. The molecule has 1 heterocycles. The van der Waals surface area contributed by atoms with Crippen molar-refractivity contribution in [2.75, 3.05) is 7.11 Å². The normalized spacial score (nSPS) is 13.2. The number of fused-ring (bicyclic) bond motifs is 1. The van der Waals surface area contributed by atoms with E-state index in [0.29, 0.717) is 0 Å². The average molecular weight is 327 g/mol. The molecule has 0 saturated heterocycles. The van der Waals surface area contributed by atoms with Gasteiger partial charge in [0.1, 0.15) is 0 Å². The summed E-state index contributed by atoms with van der Waals surface area (Å²) in [5, 5.41) is 4.24. The predicted molar refractivity (Wildman–Crippen MR) is 90.7 cm³/mol. The highest BCUT2D eigenvalue weighted by Crippen LogP contribution is 2.17. The highest BCUT2D eigenvalue weighted by atomic mass is 32.1. The van der Waals surface area contributed by atoms with Gasteiger partial charge in [-0.05, 0) is 17.7 Å². The number of hydrogen-bond donors (Lipinski definition) is 1. The lowest BCUT2D eigenvalue weighted by atomic mass is 10.1. The number of aromatic nitrogens is 1. The first-order valence-corrected chi connectivity index (χ1v) is 7.98. The lowest BCUT2D eigenvalue weighted by molar-refractivity contribution is -0.131. The number of ether oxygens (including phenoxy) is 1. The van der Waals surface area contributed by atoms with Crippen molar-refractivity contribution in [1.29, 1.82) is 0 Å². The monoisotopic (exact) mass is 327 g/mol. The number of carbonyl (C=O) groups is 1. The summed E-state index contributed by atoms with van der Waals surface area (Å²) >= 11 is 1.52. The number of amides is 1. The van der Waals surface area contributed by atoms with Crippen LogP contribution < -0.4 is 10.2 Å². The van der Waals surface area contributed by atoms with E-state index >= 15 is 0 Å². The Balaban J connectivity index is 1.85. The van der Waals surface area contributed by atoms with E-state index < -0.39 is 6.10 Å². The molecule has 0 aliphatic heterocycles. The lowest BCUT2D eigenvalue weighted by Gasteiger charge is -2.13. The molecule has 1 aromatic heterocycles. The Hall–Kier alpha value is -2.44. The summed E-state index contributed by atoms with van der Waals surface area (Å²) in [5.74, 6) is -0.295. The van der Waals surface area contributed by atoms with Crippen LogP contribution in [0.4, 0.5) is 0 Å². The summed E-state index contributed by atoms with van der Waals surface area (Å²) in [6.07, 6.45) is -0.681. The molecule has 0 saturated carbocycles. The second kappa shape index (κ2) is 6.76. The maximum Gasteiger partial charge on any atom is 0.273 e. The zero-order valence-corrected chi connectivity index (χ0v) is 13.7. The quantitative estimate of drug-likeness (QED) is 0.749. The Labute approximate surface area is 137 Å². The molecular weight excluding hydrogens is 310 g/mol. The van der Waals surface area contributed by atoms with Gasteiger partial charge in [-0.1, -0.05) is 53.8 Å². The molecule has 1 atom stereocenters. The first kappa shape index (κ1) is 15.5. The SMILES string of the molecule is COC(C(=O)N/N=c1/sc2ccccc2n1C)c1ccccc1. The molecule has 1 unspecified atom stereocenters. The predicted octanol–water partition coefficient (Wildman–Crippen LogP) is 2.56. The van der Waals surface area contributed by atoms with Gasteiger partial charge in [0, 0.05) is 14.2 Å². The number of thiazole rings is 1. The highest BCUT2D eigenvalue weighted by Gasteiger charge is 2.19. The van der Waals surface area contributed by atoms with Crippen LogP contribution in [0.1, 0.15) is 11.7 Å². The van der Waals surface area contributed by atoms with Gasteiger partial charge in [0.15, 0.2) is 6.10 Å². The summed E-state index contributed by atoms with van der Waals surface area (Å²) in [6, 6.07) is 17.4. The largest absolute Gasteiger partial charge is 0.367 e. The Morgan fingerprint density at radius 2 is 1.87 bits per heavy atom. The molecule has 3 rings (SSSR count). The van der Waals surface area contributed by atoms with Crippen LogP contribution >= 0.6 is 11.3 Å². The lowest BCUT2D eigenvalue weighted by Crippen LogP contribution is -2.29. The topological polar surface area (TPSA) is 55.6 Å². The van der Waals surface area contributed by atoms with Crippen LogP contribution in [0, 0.1) is 0 Å². The maximum atomic E-state index is 12.3. The van der Waals surface area contributed by atoms with Gasteiger partial charge in [0.05, 0.1) is 10.2 Å². The number of aryl methyl sites for hydroxylation is 1. The fourth-order valence-corrected chi connectivity index (χ4v) is 3.35. The van der Waals surface area contributed by atoms with Crippen molar-refractivity contribution in [2.45, 2.75) is 6.10 Å². The molecule has 0 aliphatic carbocycles. The maximum absolute atomic E-state index is 12.3. The average Bonchev–Trinajstić information content (AvgIpc) is 2.91. The fourth-order valence-electron chi connectivity index (χ4n) is 2.37. The zero-order chi connectivity index (χ0) is 16.2. The summed E-state index contributed by atoms with van der Waals surface area (Å²) in [5.41, 5.74) is 4.48. The van der Waals surface area contributed by atoms with Crippen LogP contribution in [0.3, 0.4) is 0 Å². The molecule has 0 aliphatic rings. The van der Waals surface area contributed by atoms with E-state index in [1.807, 2.05) is 66.2 Å². The Morgan fingerprint density at radius 3 is 2.57 bits per heavy atom. The van der Waals surface area contributed by atoms with Crippen LogP contribution in [-0.4, -0.2) is 17.6 Å². The number of hydrogen-bond acceptors (Lipinski definition) is 4. The van der Waals surface area contributed by atoms with Crippen molar-refractivity contribution >= 4 is 27.5 Å². The molecule has 0 spiro atoms. The molecule has 0 radical (unpaired) electrons. The summed E-state index contributed by atoms with van der Waals surface area (Å²) in [4.78, 5) is 13.1. The number of benzene rings is 2. The van der Waals surface area contributed by atoms with Gasteiger partial charge < -0.3 is 9.30 Å². The van der Waals surface area contributed by atoms with Crippen molar-refractivity contribution in [1.82, 2.24) is 9.99 Å². The van der Waals surface area contributed by atoms with E-state index in [2.05, 4.69) is 10.5 Å². The number of para-hydroxylation sites is 1. The molecule has 2 aromatic carbocycles. The van der Waals surface area contributed by atoms with E-state index in [0.717, 1.165) is 20.6 Å². The van der Waals surface area contributed by atoms with Crippen molar-refractivity contribution in [3.63, 3.8) is 0 Å². The Bertz CT molecular complexity index is 883. The minimum Gasteiger partial charge on any atom is -0.367 e. The summed E-state index contributed by atoms with van der Waals surface area (Å²) in [7, 11) is 3.44. The standard InChI is InChI=1S/C17H17N3O2S/c1-20-13-10-6-7-11-14(13)23-17(20)19-18-16(21)15(22-2)12-8-4-3-5-9-12/h3-11,15H,1-2H3,(H,18,21)/b19-17+. The number of nitrogens with zero attached hydrogens (tertiary/aromatic N) is 2. The van der Waals surface area contributed by atoms with Gasteiger partial charge in [-0.3, -0.25) is 4.79 Å². The highest BCUT2D eigenvalue weighted by molar-refractivity contribution is 7.16. The molecule has 6 heteroatoms. The molecule has 0 fully saturated rings. The Morgan fingerprint density at radius 1 is 1.17 bits per heavy atom. The minimum atomic E-state index is -0.681. The van der Waals surface area contributed by atoms with Crippen molar-refractivity contribution in [2.24, 2.45) is 12.1 Å². The number of methoxy groups -OCH3 is 1. The molecule has 23 heavy (non-hydrogen) atoms. The van der Waals surface area contributed by atoms with Gasteiger partial charge in [0.25, 0.3) is 5.91 Å². The first-order valence-electron chi connectivity index (χ1n) is 7.16. The summed E-state index contributed by atoms with van der Waals surface area (Å²) < 4.78 is 8.37. The zero-order valence-electron chi connectivity index (χ0n) is 12.9. The third-order valence-corrected chi connectivity index (χ3v) is 4.67. The van der Waals surface area contributed by atoms with Crippen LogP contribution in [-0.2, 0) is 16.6 Å². The van der Waals surface area contributed by atoms with E-state index in [1.54, 1.807) is 0 Å². The fraction of sp³-hybridized carbons (Fsp3) is 0.176. The van der Waals surface area contributed by atoms with Gasteiger partial charge >= 0.3 is 0 Å². The van der Waals surface area contributed by atoms with Gasteiger partial charge in [-0.15, -0.1) is 5.10 Å². The van der Waals surface area contributed by atoms with Crippen LogP contribution in [0.5, 0.6) is 0 Å². The second-order valence-electron chi connectivity index (χ2n) is 5.03. The molecule has 1 amide bonds. The van der Waals surface area contributed by atoms with Crippen molar-refractivity contribution < 1.29 is 9.53 Å². The molecule has 5 nitrogen and oxygen atoms in total. The van der Waals surface area contributed by atoms with Crippen molar-refractivity contribution in [3.05, 3.63) is 65.0 Å². The molecule has 1 N–H and O–H groups in total. The van der Waals surface area contributed by atoms with Crippen LogP contribution in [0.25, 0.3) is 10.2 Å². The van der Waals surface area contributed by atoms with Gasteiger partial charge in [0.2, 0.25) is 4.80 Å². The smallest absolute Gasteiger partial charge is 0.273 e. The van der Waals surface area contributed by atoms with Crippen LogP contribution in [0.2, 0.25) is 0 Å². The third-order valence-electron chi connectivity index (χ3n) is 3.55. The molecule has 0 bridgehead atoms. The third kappa shape index (κ3) is 3.18. The number of carbonyl (C=O) groups excluding carboxylic acids is 1. The number of nitrogens with one attached hydrogen (secondary N) is 1. The van der Waals surface area contributed by atoms with E-state index in [1.165, 1.54) is 18.4 Å². The Kier molecular flexibility index (Phi) is 4.55. The first-order chi connectivity index (χ1) is 11.2. The number of rotatable bonds is 4. The molecule has 3 aromatic rings. The van der Waals surface area contributed by atoms with E-state index in [9.17, 15) is 4.79 Å². The minimum absolute atomic E-state index is 0.295. The van der Waals surface area contributed by atoms with Crippen molar-refractivity contribution in [3.8, 4) is 0 Å². The van der Waals surface area contributed by atoms with Gasteiger partial charge in [-0.2, -0.15) is 0 Å². The van der Waals surface area contributed by atoms with E-state index in [4.69, 9.17) is 4.74 Å². The molecule has 118 valence electrons. The molecular formula is C17H17N3O2S. The van der Waals surface area contributed by atoms with Crippen LogP contribution in [0.15, 0.2) is 59.7 Å². The summed E-state index contributed by atoms with van der Waals surface area (Å²) in [6.45, 7) is 0.